The maximum absolute atomic E-state index is 9.65. The van der Waals surface area contributed by atoms with Crippen LogP contribution < -0.4 is 10.2 Å². The van der Waals surface area contributed by atoms with Crippen molar-refractivity contribution in [2.24, 2.45) is 0 Å². The summed E-state index contributed by atoms with van der Waals surface area (Å²) in [5.74, 6) is 3.94. The molecule has 0 radical (unpaired) electrons. The number of aliphatic hydroxyl groups is 1. The number of aromatic nitrogens is 3. The fourth-order valence-electron chi connectivity index (χ4n) is 1.47. The summed E-state index contributed by atoms with van der Waals surface area (Å²) in [6, 6.07) is 0. The van der Waals surface area contributed by atoms with Crippen LogP contribution in [0.15, 0.2) is 0 Å². The first-order chi connectivity index (χ1) is 9.69. The predicted molar refractivity (Wildman–Crippen MR) is 90.4 cm³/mol. The molecule has 0 bridgehead atoms. The van der Waals surface area contributed by atoms with Crippen LogP contribution in [0.25, 0.3) is 0 Å². The zero-order valence-corrected chi connectivity index (χ0v) is 14.7. The first kappa shape index (κ1) is 18.0. The molecule has 0 amide bonds. The lowest BCUT2D eigenvalue weighted by Gasteiger charge is -2.16. The Hall–Kier alpha value is -1.08. The third-order valence-electron chi connectivity index (χ3n) is 2.54. The number of thioether (sulfide) groups is 1. The molecule has 0 saturated carbocycles. The van der Waals surface area contributed by atoms with E-state index in [1.165, 1.54) is 0 Å². The topological polar surface area (TPSA) is 74.2 Å². The van der Waals surface area contributed by atoms with Crippen LogP contribution in [0.5, 0.6) is 0 Å². The number of hydrogen-bond donors (Lipinski definition) is 2. The lowest BCUT2D eigenvalue weighted by Crippen LogP contribution is -2.23. The molecule has 0 atom stereocenters. The first-order valence-electron chi connectivity index (χ1n) is 7.16. The van der Waals surface area contributed by atoms with Gasteiger partial charge in [-0.1, -0.05) is 13.8 Å². The molecule has 0 unspecified atom stereocenters. The summed E-state index contributed by atoms with van der Waals surface area (Å²) in [5.41, 5.74) is -0.624. The minimum Gasteiger partial charge on any atom is -0.390 e. The van der Waals surface area contributed by atoms with Gasteiger partial charge >= 0.3 is 0 Å². The van der Waals surface area contributed by atoms with Crippen LogP contribution >= 0.6 is 11.8 Å². The predicted octanol–water partition coefficient (Wildman–Crippen LogP) is 1.98. The van der Waals surface area contributed by atoms with Crippen molar-refractivity contribution < 1.29 is 5.11 Å². The molecule has 0 aliphatic heterocycles. The van der Waals surface area contributed by atoms with Crippen molar-refractivity contribution in [1.29, 1.82) is 0 Å². The molecule has 1 heterocycles. The van der Waals surface area contributed by atoms with E-state index < -0.39 is 5.60 Å². The maximum atomic E-state index is 9.65. The number of nitrogens with zero attached hydrogens (tertiary/aromatic N) is 4. The van der Waals surface area contributed by atoms with E-state index in [4.69, 9.17) is 0 Å². The summed E-state index contributed by atoms with van der Waals surface area (Å²) in [7, 11) is 3.84. The third-order valence-corrected chi connectivity index (χ3v) is 3.95. The summed E-state index contributed by atoms with van der Waals surface area (Å²) in [5, 5.41) is 12.9. The van der Waals surface area contributed by atoms with E-state index >= 15 is 0 Å². The summed E-state index contributed by atoms with van der Waals surface area (Å²) in [6.07, 6.45) is 0. The number of rotatable bonds is 8. The molecule has 7 heteroatoms. The standard InChI is InChI=1S/C14H27N5OS/c1-10(2)11-16-12(18-13(17-11)19(5)6)15-7-8-21-9-14(3,4)20/h10,20H,7-9H2,1-6H3,(H,15,16,17,18). The molecule has 1 aromatic rings. The highest BCUT2D eigenvalue weighted by molar-refractivity contribution is 7.99. The van der Waals surface area contributed by atoms with Crippen molar-refractivity contribution in [2.75, 3.05) is 42.4 Å². The molecule has 0 aromatic carbocycles. The van der Waals surface area contributed by atoms with Gasteiger partial charge in [-0.05, 0) is 13.8 Å². The second kappa shape index (κ2) is 7.79. The van der Waals surface area contributed by atoms with Crippen LogP contribution in [-0.4, -0.2) is 57.8 Å². The number of hydrogen-bond acceptors (Lipinski definition) is 7. The fraction of sp³-hybridized carbons (Fsp3) is 0.786. The van der Waals surface area contributed by atoms with Gasteiger partial charge in [0.15, 0.2) is 0 Å². The number of anilines is 2. The molecule has 0 aliphatic carbocycles. The van der Waals surface area contributed by atoms with E-state index in [0.29, 0.717) is 17.6 Å². The van der Waals surface area contributed by atoms with E-state index in [0.717, 1.165) is 18.1 Å². The Kier molecular flexibility index (Phi) is 6.67. The highest BCUT2D eigenvalue weighted by Crippen LogP contribution is 2.15. The van der Waals surface area contributed by atoms with Crippen LogP contribution in [0.3, 0.4) is 0 Å². The summed E-state index contributed by atoms with van der Waals surface area (Å²) < 4.78 is 0. The second-order valence-electron chi connectivity index (χ2n) is 6.16. The zero-order chi connectivity index (χ0) is 16.0. The van der Waals surface area contributed by atoms with Crippen molar-refractivity contribution in [1.82, 2.24) is 15.0 Å². The van der Waals surface area contributed by atoms with Gasteiger partial charge in [0.05, 0.1) is 5.60 Å². The average molecular weight is 313 g/mol. The Bertz CT molecular complexity index is 419. The Morgan fingerprint density at radius 3 is 2.43 bits per heavy atom. The monoisotopic (exact) mass is 313 g/mol. The van der Waals surface area contributed by atoms with Gasteiger partial charge in [0.1, 0.15) is 5.82 Å². The summed E-state index contributed by atoms with van der Waals surface area (Å²) in [6.45, 7) is 8.53. The minimum atomic E-state index is -0.624. The molecule has 0 aliphatic rings. The quantitative estimate of drug-likeness (QED) is 0.711. The molecule has 21 heavy (non-hydrogen) atoms. The van der Waals surface area contributed by atoms with Crippen LogP contribution in [0.4, 0.5) is 11.9 Å². The number of nitrogens with one attached hydrogen (secondary N) is 1. The van der Waals surface area contributed by atoms with Gasteiger partial charge in [0.25, 0.3) is 0 Å². The van der Waals surface area contributed by atoms with Gasteiger partial charge in [-0.3, -0.25) is 0 Å². The van der Waals surface area contributed by atoms with E-state index in [1.54, 1.807) is 11.8 Å². The SMILES string of the molecule is CC(C)c1nc(NCCSCC(C)(C)O)nc(N(C)C)n1. The van der Waals surface area contributed by atoms with Gasteiger partial charge in [-0.2, -0.15) is 26.7 Å². The van der Waals surface area contributed by atoms with E-state index in [1.807, 2.05) is 32.8 Å². The van der Waals surface area contributed by atoms with Gasteiger partial charge in [-0.15, -0.1) is 0 Å². The smallest absolute Gasteiger partial charge is 0.229 e. The van der Waals surface area contributed by atoms with Gasteiger partial charge in [-0.25, -0.2) is 0 Å². The zero-order valence-electron chi connectivity index (χ0n) is 13.8. The molecular weight excluding hydrogens is 286 g/mol. The van der Waals surface area contributed by atoms with Crippen molar-refractivity contribution in [3.05, 3.63) is 5.82 Å². The van der Waals surface area contributed by atoms with Crippen LogP contribution in [-0.2, 0) is 0 Å². The summed E-state index contributed by atoms with van der Waals surface area (Å²) in [4.78, 5) is 15.2. The van der Waals surface area contributed by atoms with Gasteiger partial charge in [0, 0.05) is 38.1 Å². The molecule has 2 N–H and O–H groups in total. The lowest BCUT2D eigenvalue weighted by atomic mass is 10.2. The van der Waals surface area contributed by atoms with Crippen molar-refractivity contribution in [3.63, 3.8) is 0 Å². The van der Waals surface area contributed by atoms with Crippen molar-refractivity contribution in [2.45, 2.75) is 39.2 Å². The minimum absolute atomic E-state index is 0.261. The molecule has 6 nitrogen and oxygen atoms in total. The summed E-state index contributed by atoms with van der Waals surface area (Å²) >= 11 is 1.71. The molecule has 120 valence electrons. The Morgan fingerprint density at radius 1 is 1.24 bits per heavy atom. The lowest BCUT2D eigenvalue weighted by molar-refractivity contribution is 0.107. The Morgan fingerprint density at radius 2 is 1.90 bits per heavy atom. The average Bonchev–Trinajstić information content (AvgIpc) is 2.36. The fourth-order valence-corrected chi connectivity index (χ4v) is 2.37. The van der Waals surface area contributed by atoms with Crippen LogP contribution in [0, 0.1) is 0 Å². The highest BCUT2D eigenvalue weighted by Gasteiger charge is 2.12. The normalized spacial score (nSPS) is 11.8. The molecule has 0 fully saturated rings. The van der Waals surface area contributed by atoms with Gasteiger partial charge in [0.2, 0.25) is 11.9 Å². The van der Waals surface area contributed by atoms with Crippen molar-refractivity contribution >= 4 is 23.7 Å². The van der Waals surface area contributed by atoms with Crippen LogP contribution in [0.1, 0.15) is 39.4 Å². The van der Waals surface area contributed by atoms with Gasteiger partial charge < -0.3 is 15.3 Å². The van der Waals surface area contributed by atoms with E-state index in [2.05, 4.69) is 34.1 Å². The van der Waals surface area contributed by atoms with E-state index in [9.17, 15) is 5.11 Å². The molecule has 1 aromatic heterocycles. The van der Waals surface area contributed by atoms with Crippen LogP contribution in [0.2, 0.25) is 0 Å². The highest BCUT2D eigenvalue weighted by atomic mass is 32.2. The maximum Gasteiger partial charge on any atom is 0.229 e. The molecule has 0 spiro atoms. The second-order valence-corrected chi connectivity index (χ2v) is 7.26. The Balaban J connectivity index is 2.58. The third kappa shape index (κ3) is 6.95. The largest absolute Gasteiger partial charge is 0.390 e. The first-order valence-corrected chi connectivity index (χ1v) is 8.32. The van der Waals surface area contributed by atoms with E-state index in [-0.39, 0.29) is 5.92 Å². The molecule has 0 saturated heterocycles. The molecular formula is C14H27N5OS. The Labute approximate surface area is 131 Å². The van der Waals surface area contributed by atoms with Crippen molar-refractivity contribution in [3.8, 4) is 0 Å². The molecule has 1 rings (SSSR count).